The fourth-order valence-electron chi connectivity index (χ4n) is 1.96. The van der Waals surface area contributed by atoms with E-state index in [1.165, 1.54) is 5.56 Å². The van der Waals surface area contributed by atoms with Crippen LogP contribution in [-0.4, -0.2) is 17.7 Å². The summed E-state index contributed by atoms with van der Waals surface area (Å²) in [4.78, 5) is 12.1. The molecule has 0 bridgehead atoms. The van der Waals surface area contributed by atoms with Crippen molar-refractivity contribution < 1.29 is 9.53 Å². The molecule has 0 radical (unpaired) electrons. The second kappa shape index (κ2) is 6.71. The lowest BCUT2D eigenvalue weighted by Crippen LogP contribution is -2.16. The van der Waals surface area contributed by atoms with E-state index in [1.807, 2.05) is 0 Å². The van der Waals surface area contributed by atoms with Gasteiger partial charge in [0.1, 0.15) is 5.75 Å². The maximum absolute atomic E-state index is 12.3. The number of carbonyl (C=O) groups is 1. The predicted molar refractivity (Wildman–Crippen MR) is 84.9 cm³/mol. The Morgan fingerprint density at radius 2 is 1.70 bits per heavy atom. The summed E-state index contributed by atoms with van der Waals surface area (Å²) in [5, 5.41) is 0. The number of aryl methyl sites for hydroxylation is 1. The average molecular weight is 333 g/mol. The van der Waals surface area contributed by atoms with Crippen LogP contribution in [0.25, 0.3) is 0 Å². The molecule has 2 aromatic rings. The number of halogens is 1. The summed E-state index contributed by atoms with van der Waals surface area (Å²) in [6.07, 6.45) is 0.686. The van der Waals surface area contributed by atoms with Gasteiger partial charge < -0.3 is 4.74 Å². The Labute approximate surface area is 127 Å². The standard InChI is InChI=1S/C17H17BrO2/c1-12-3-5-13(6-4-12)11-16(18)17(19)14-7-9-15(20-2)10-8-14/h3-10,16H,11H2,1-2H3. The van der Waals surface area contributed by atoms with E-state index in [4.69, 9.17) is 4.74 Å². The Morgan fingerprint density at radius 3 is 2.25 bits per heavy atom. The van der Waals surface area contributed by atoms with Crippen molar-refractivity contribution in [2.75, 3.05) is 7.11 Å². The zero-order valence-corrected chi connectivity index (χ0v) is 13.2. The monoisotopic (exact) mass is 332 g/mol. The number of hydrogen-bond acceptors (Lipinski definition) is 2. The molecule has 1 atom stereocenters. The first-order valence-electron chi connectivity index (χ1n) is 6.48. The quantitative estimate of drug-likeness (QED) is 0.606. The van der Waals surface area contributed by atoms with Gasteiger partial charge in [0.25, 0.3) is 0 Å². The van der Waals surface area contributed by atoms with Crippen LogP contribution in [0, 0.1) is 6.92 Å². The van der Waals surface area contributed by atoms with E-state index in [0.717, 1.165) is 11.3 Å². The van der Waals surface area contributed by atoms with Crippen molar-refractivity contribution in [3.05, 3.63) is 65.2 Å². The first-order chi connectivity index (χ1) is 9.60. The highest BCUT2D eigenvalue weighted by atomic mass is 79.9. The van der Waals surface area contributed by atoms with Crippen LogP contribution in [0.3, 0.4) is 0 Å². The van der Waals surface area contributed by atoms with Gasteiger partial charge in [0.2, 0.25) is 0 Å². The Balaban J connectivity index is 2.05. The largest absolute Gasteiger partial charge is 0.497 e. The summed E-state index contributed by atoms with van der Waals surface area (Å²) < 4.78 is 5.09. The number of carbonyl (C=O) groups excluding carboxylic acids is 1. The summed E-state index contributed by atoms with van der Waals surface area (Å²) >= 11 is 3.49. The van der Waals surface area contributed by atoms with Gasteiger partial charge in [-0.15, -0.1) is 0 Å². The third kappa shape index (κ3) is 3.70. The van der Waals surface area contributed by atoms with Crippen LogP contribution in [0.2, 0.25) is 0 Å². The predicted octanol–water partition coefficient (Wildman–Crippen LogP) is 4.19. The van der Waals surface area contributed by atoms with Gasteiger partial charge in [-0.05, 0) is 43.2 Å². The van der Waals surface area contributed by atoms with Crippen LogP contribution in [0.4, 0.5) is 0 Å². The van der Waals surface area contributed by atoms with Gasteiger partial charge in [-0.2, -0.15) is 0 Å². The molecular weight excluding hydrogens is 316 g/mol. The molecule has 0 heterocycles. The second-order valence-corrected chi connectivity index (χ2v) is 5.86. The smallest absolute Gasteiger partial charge is 0.176 e. The fourth-order valence-corrected chi connectivity index (χ4v) is 2.60. The van der Waals surface area contributed by atoms with E-state index in [9.17, 15) is 4.79 Å². The molecule has 0 saturated heterocycles. The lowest BCUT2D eigenvalue weighted by molar-refractivity contribution is 0.0991. The van der Waals surface area contributed by atoms with Crippen LogP contribution in [0.5, 0.6) is 5.75 Å². The first kappa shape index (κ1) is 14.8. The molecule has 0 spiro atoms. The maximum Gasteiger partial charge on any atom is 0.176 e. The van der Waals surface area contributed by atoms with Crippen LogP contribution >= 0.6 is 15.9 Å². The van der Waals surface area contributed by atoms with E-state index in [1.54, 1.807) is 31.4 Å². The number of methoxy groups -OCH3 is 1. The van der Waals surface area contributed by atoms with E-state index in [2.05, 4.69) is 47.1 Å². The van der Waals surface area contributed by atoms with Gasteiger partial charge >= 0.3 is 0 Å². The third-order valence-electron chi connectivity index (χ3n) is 3.19. The van der Waals surface area contributed by atoms with Crippen LogP contribution < -0.4 is 4.74 Å². The Hall–Kier alpha value is -1.61. The van der Waals surface area contributed by atoms with E-state index in [-0.39, 0.29) is 10.6 Å². The van der Waals surface area contributed by atoms with Crippen LogP contribution in [0.15, 0.2) is 48.5 Å². The van der Waals surface area contributed by atoms with Crippen LogP contribution in [-0.2, 0) is 6.42 Å². The molecule has 2 rings (SSSR count). The summed E-state index contributed by atoms with van der Waals surface area (Å²) in [5.41, 5.74) is 3.07. The minimum atomic E-state index is -0.210. The van der Waals surface area contributed by atoms with Gasteiger partial charge in [0.05, 0.1) is 11.9 Å². The molecule has 2 aromatic carbocycles. The minimum absolute atomic E-state index is 0.0910. The molecule has 1 unspecified atom stereocenters. The lowest BCUT2D eigenvalue weighted by Gasteiger charge is -2.10. The van der Waals surface area contributed by atoms with E-state index in [0.29, 0.717) is 12.0 Å². The summed E-state index contributed by atoms with van der Waals surface area (Å²) in [5.74, 6) is 0.847. The van der Waals surface area contributed by atoms with Crippen molar-refractivity contribution >= 4 is 21.7 Å². The molecule has 0 aliphatic rings. The summed E-state index contributed by atoms with van der Waals surface area (Å²) in [7, 11) is 1.61. The SMILES string of the molecule is COc1ccc(C(=O)C(Br)Cc2ccc(C)cc2)cc1. The van der Waals surface area contributed by atoms with Gasteiger partial charge in [-0.1, -0.05) is 45.8 Å². The van der Waals surface area contributed by atoms with Gasteiger partial charge in [-0.25, -0.2) is 0 Å². The molecule has 0 N–H and O–H groups in total. The highest BCUT2D eigenvalue weighted by molar-refractivity contribution is 9.10. The molecule has 0 aromatic heterocycles. The lowest BCUT2D eigenvalue weighted by atomic mass is 10.0. The number of ether oxygens (including phenoxy) is 1. The average Bonchev–Trinajstić information content (AvgIpc) is 2.49. The number of benzene rings is 2. The van der Waals surface area contributed by atoms with Gasteiger partial charge in [0.15, 0.2) is 5.78 Å². The topological polar surface area (TPSA) is 26.3 Å². The molecule has 2 nitrogen and oxygen atoms in total. The Morgan fingerprint density at radius 1 is 1.10 bits per heavy atom. The molecule has 0 aliphatic heterocycles. The normalized spacial score (nSPS) is 11.9. The molecular formula is C17H17BrO2. The third-order valence-corrected chi connectivity index (χ3v) is 3.93. The number of hydrogen-bond donors (Lipinski definition) is 0. The van der Waals surface area contributed by atoms with Crippen molar-refractivity contribution in [2.24, 2.45) is 0 Å². The highest BCUT2D eigenvalue weighted by Crippen LogP contribution is 2.18. The Bertz CT molecular complexity index is 573. The van der Waals surface area contributed by atoms with Gasteiger partial charge in [0, 0.05) is 5.56 Å². The highest BCUT2D eigenvalue weighted by Gasteiger charge is 2.17. The van der Waals surface area contributed by atoms with Crippen molar-refractivity contribution in [3.63, 3.8) is 0 Å². The van der Waals surface area contributed by atoms with Crippen molar-refractivity contribution in [2.45, 2.75) is 18.2 Å². The number of rotatable bonds is 5. The zero-order chi connectivity index (χ0) is 14.5. The van der Waals surface area contributed by atoms with Crippen molar-refractivity contribution in [1.82, 2.24) is 0 Å². The Kier molecular flexibility index (Phi) is 4.96. The minimum Gasteiger partial charge on any atom is -0.497 e. The molecule has 0 amide bonds. The maximum atomic E-state index is 12.3. The second-order valence-electron chi connectivity index (χ2n) is 4.75. The molecule has 104 valence electrons. The fraction of sp³-hybridized carbons (Fsp3) is 0.235. The van der Waals surface area contributed by atoms with Gasteiger partial charge in [-0.3, -0.25) is 4.79 Å². The number of ketones is 1. The molecule has 20 heavy (non-hydrogen) atoms. The van der Waals surface area contributed by atoms with Crippen LogP contribution in [0.1, 0.15) is 21.5 Å². The summed E-state index contributed by atoms with van der Waals surface area (Å²) in [6, 6.07) is 15.4. The first-order valence-corrected chi connectivity index (χ1v) is 7.39. The molecule has 0 fully saturated rings. The molecule has 0 aliphatic carbocycles. The zero-order valence-electron chi connectivity index (χ0n) is 11.6. The number of Topliss-reactive ketones (excluding diaryl/α,β-unsaturated/α-hetero) is 1. The van der Waals surface area contributed by atoms with E-state index >= 15 is 0 Å². The van der Waals surface area contributed by atoms with Crippen molar-refractivity contribution in [1.29, 1.82) is 0 Å². The molecule has 3 heteroatoms. The number of alkyl halides is 1. The van der Waals surface area contributed by atoms with E-state index < -0.39 is 0 Å². The van der Waals surface area contributed by atoms with Crippen molar-refractivity contribution in [3.8, 4) is 5.75 Å². The summed E-state index contributed by atoms with van der Waals surface area (Å²) in [6.45, 7) is 2.05. The molecule has 0 saturated carbocycles.